The summed E-state index contributed by atoms with van der Waals surface area (Å²) in [7, 11) is 0. The number of fused-ring (bicyclic) bond motifs is 1. The zero-order valence-corrected chi connectivity index (χ0v) is 23.6. The normalized spacial score (nSPS) is 14.8. The van der Waals surface area contributed by atoms with Gasteiger partial charge in [0.25, 0.3) is 5.56 Å². The van der Waals surface area contributed by atoms with Crippen LogP contribution in [0.3, 0.4) is 0 Å². The number of hydrogen-bond donors (Lipinski definition) is 2. The number of thiocarbonyl (C=S) groups is 1. The molecule has 40 heavy (non-hydrogen) atoms. The predicted octanol–water partition coefficient (Wildman–Crippen LogP) is 7.73. The maximum absolute atomic E-state index is 13.7. The van der Waals surface area contributed by atoms with E-state index < -0.39 is 0 Å². The average Bonchev–Trinajstić information content (AvgIpc) is 3.41. The van der Waals surface area contributed by atoms with Crippen molar-refractivity contribution in [2.75, 3.05) is 0 Å². The molecule has 0 aliphatic carbocycles. The van der Waals surface area contributed by atoms with Gasteiger partial charge in [-0.3, -0.25) is 4.79 Å². The number of halogens is 2. The third-order valence-electron chi connectivity index (χ3n) is 7.01. The van der Waals surface area contributed by atoms with Crippen LogP contribution in [0.15, 0.2) is 113 Å². The second-order valence-electron chi connectivity index (χ2n) is 9.53. The van der Waals surface area contributed by atoms with Crippen LogP contribution in [0, 0.1) is 0 Å². The SMILES string of the molecule is O=c1[nH]c2ccccc2c(-c2ccc(Cl)cc2)c1C1=NN(C(=S)NCc2ccccc2)C(c2ccccc2Cl)C1. The summed E-state index contributed by atoms with van der Waals surface area (Å²) in [5.74, 6) is 0. The summed E-state index contributed by atoms with van der Waals surface area (Å²) in [6, 6.07) is 32.7. The van der Waals surface area contributed by atoms with Crippen LogP contribution in [0.25, 0.3) is 22.0 Å². The van der Waals surface area contributed by atoms with Gasteiger partial charge in [0.1, 0.15) is 0 Å². The number of rotatable bonds is 5. The van der Waals surface area contributed by atoms with Gasteiger partial charge in [0, 0.05) is 39.5 Å². The third kappa shape index (κ3) is 5.13. The van der Waals surface area contributed by atoms with E-state index in [0.717, 1.165) is 33.2 Å². The molecule has 0 saturated carbocycles. The molecule has 5 nitrogen and oxygen atoms in total. The maximum atomic E-state index is 13.7. The van der Waals surface area contributed by atoms with E-state index in [1.54, 1.807) is 5.01 Å². The second-order valence-corrected chi connectivity index (χ2v) is 10.8. The summed E-state index contributed by atoms with van der Waals surface area (Å²) in [6.07, 6.45) is 0.443. The minimum Gasteiger partial charge on any atom is -0.357 e. The van der Waals surface area contributed by atoms with Gasteiger partial charge in [-0.15, -0.1) is 0 Å². The lowest BCUT2D eigenvalue weighted by molar-refractivity contribution is 0.364. The summed E-state index contributed by atoms with van der Waals surface area (Å²) < 4.78 is 0. The molecule has 0 fully saturated rings. The van der Waals surface area contributed by atoms with Crippen LogP contribution in [0.5, 0.6) is 0 Å². The number of para-hydroxylation sites is 1. The van der Waals surface area contributed by atoms with Gasteiger partial charge in [-0.05, 0) is 53.2 Å². The Hall–Kier alpha value is -3.97. The lowest BCUT2D eigenvalue weighted by Crippen LogP contribution is -2.36. The number of nitrogens with one attached hydrogen (secondary N) is 2. The van der Waals surface area contributed by atoms with Crippen LogP contribution in [0.1, 0.15) is 29.2 Å². The summed E-state index contributed by atoms with van der Waals surface area (Å²) in [5.41, 5.74) is 5.33. The van der Waals surface area contributed by atoms with E-state index in [-0.39, 0.29) is 11.6 Å². The largest absolute Gasteiger partial charge is 0.357 e. The van der Waals surface area contributed by atoms with Crippen LogP contribution in [0.2, 0.25) is 10.0 Å². The molecule has 1 unspecified atom stereocenters. The zero-order chi connectivity index (χ0) is 27.6. The molecule has 1 aliphatic heterocycles. The van der Waals surface area contributed by atoms with Gasteiger partial charge in [-0.1, -0.05) is 102 Å². The highest BCUT2D eigenvalue weighted by Gasteiger charge is 2.35. The summed E-state index contributed by atoms with van der Waals surface area (Å²) in [6.45, 7) is 0.544. The predicted molar refractivity (Wildman–Crippen MR) is 168 cm³/mol. The van der Waals surface area contributed by atoms with Crippen LogP contribution >= 0.6 is 35.4 Å². The lowest BCUT2D eigenvalue weighted by Gasteiger charge is -2.25. The fourth-order valence-corrected chi connectivity index (χ4v) is 5.75. The van der Waals surface area contributed by atoms with E-state index in [1.165, 1.54) is 0 Å². The number of hydrogen-bond acceptors (Lipinski definition) is 3. The number of nitrogens with zero attached hydrogens (tertiary/aromatic N) is 2. The van der Waals surface area contributed by atoms with E-state index >= 15 is 0 Å². The van der Waals surface area contributed by atoms with Crippen molar-refractivity contribution in [1.82, 2.24) is 15.3 Å². The van der Waals surface area contributed by atoms with Crippen molar-refractivity contribution < 1.29 is 0 Å². The molecule has 1 aliphatic rings. The first-order valence-corrected chi connectivity index (χ1v) is 14.0. The van der Waals surface area contributed by atoms with Crippen LogP contribution in [0.4, 0.5) is 0 Å². The smallest absolute Gasteiger partial charge is 0.258 e. The Labute approximate surface area is 247 Å². The molecule has 4 aromatic carbocycles. The number of benzene rings is 4. The van der Waals surface area contributed by atoms with Crippen molar-refractivity contribution in [2.24, 2.45) is 5.10 Å². The quantitative estimate of drug-likeness (QED) is 0.208. The number of aromatic nitrogens is 1. The monoisotopic (exact) mass is 582 g/mol. The first kappa shape index (κ1) is 26.3. The number of H-pyrrole nitrogens is 1. The Morgan fingerprint density at radius 1 is 0.900 bits per heavy atom. The Morgan fingerprint density at radius 2 is 1.60 bits per heavy atom. The molecule has 6 rings (SSSR count). The number of hydrazone groups is 1. The van der Waals surface area contributed by atoms with Gasteiger partial charge in [-0.2, -0.15) is 5.10 Å². The molecule has 2 heterocycles. The molecular formula is C32H24Cl2N4OS. The molecule has 1 aromatic heterocycles. The van der Waals surface area contributed by atoms with Gasteiger partial charge in [0.05, 0.1) is 17.3 Å². The standard InChI is InChI=1S/C32H24Cl2N4OS/c33-22-16-14-21(15-17-22)29-24-11-5-7-13-26(24)36-31(39)30(29)27-18-28(23-10-4-6-12-25(23)34)38(37-27)32(40)35-19-20-8-2-1-3-9-20/h1-17,28H,18-19H2,(H,35,40)(H,36,39). The van der Waals surface area contributed by atoms with Crippen molar-refractivity contribution in [2.45, 2.75) is 19.0 Å². The van der Waals surface area contributed by atoms with Crippen molar-refractivity contribution in [1.29, 1.82) is 0 Å². The third-order valence-corrected chi connectivity index (χ3v) is 7.94. The van der Waals surface area contributed by atoms with Crippen molar-refractivity contribution >= 4 is 57.1 Å². The molecule has 0 saturated heterocycles. The van der Waals surface area contributed by atoms with Gasteiger partial charge < -0.3 is 10.3 Å². The van der Waals surface area contributed by atoms with Gasteiger partial charge in [-0.25, -0.2) is 5.01 Å². The highest BCUT2D eigenvalue weighted by atomic mass is 35.5. The first-order chi connectivity index (χ1) is 19.5. The van der Waals surface area contributed by atoms with Gasteiger partial charge in [0.15, 0.2) is 5.11 Å². The van der Waals surface area contributed by atoms with E-state index in [1.807, 2.05) is 103 Å². The fourth-order valence-electron chi connectivity index (χ4n) is 5.13. The number of pyridine rings is 1. The Morgan fingerprint density at radius 3 is 2.38 bits per heavy atom. The number of aromatic amines is 1. The summed E-state index contributed by atoms with van der Waals surface area (Å²) >= 11 is 18.7. The van der Waals surface area contributed by atoms with E-state index in [4.69, 9.17) is 40.5 Å². The molecule has 198 valence electrons. The minimum absolute atomic E-state index is 0.217. The average molecular weight is 584 g/mol. The Kier molecular flexibility index (Phi) is 7.39. The molecule has 1 atom stereocenters. The Balaban J connectivity index is 1.48. The van der Waals surface area contributed by atoms with E-state index in [0.29, 0.717) is 39.4 Å². The van der Waals surface area contributed by atoms with Crippen LogP contribution in [-0.4, -0.2) is 20.8 Å². The highest BCUT2D eigenvalue weighted by Crippen LogP contribution is 2.39. The first-order valence-electron chi connectivity index (χ1n) is 12.8. The zero-order valence-electron chi connectivity index (χ0n) is 21.3. The molecular weight excluding hydrogens is 559 g/mol. The van der Waals surface area contributed by atoms with E-state index in [9.17, 15) is 4.79 Å². The molecule has 0 bridgehead atoms. The van der Waals surface area contributed by atoms with Crippen LogP contribution in [-0.2, 0) is 6.54 Å². The van der Waals surface area contributed by atoms with Gasteiger partial charge >= 0.3 is 0 Å². The second kappa shape index (κ2) is 11.3. The molecule has 0 radical (unpaired) electrons. The summed E-state index contributed by atoms with van der Waals surface area (Å²) in [5, 5.41) is 12.7. The maximum Gasteiger partial charge on any atom is 0.258 e. The van der Waals surface area contributed by atoms with E-state index in [2.05, 4.69) is 10.3 Å². The molecule has 0 spiro atoms. The van der Waals surface area contributed by atoms with Crippen molar-refractivity contribution in [3.8, 4) is 11.1 Å². The topological polar surface area (TPSA) is 60.5 Å². The Bertz CT molecular complexity index is 1800. The van der Waals surface area contributed by atoms with Crippen LogP contribution < -0.4 is 10.9 Å². The van der Waals surface area contributed by atoms with Crippen molar-refractivity contribution in [3.63, 3.8) is 0 Å². The summed E-state index contributed by atoms with van der Waals surface area (Å²) in [4.78, 5) is 16.8. The highest BCUT2D eigenvalue weighted by molar-refractivity contribution is 7.80. The lowest BCUT2D eigenvalue weighted by atomic mass is 9.91. The van der Waals surface area contributed by atoms with Gasteiger partial charge in [0.2, 0.25) is 0 Å². The molecule has 8 heteroatoms. The molecule has 2 N–H and O–H groups in total. The molecule has 0 amide bonds. The fraction of sp³-hybridized carbons (Fsp3) is 0.0938. The minimum atomic E-state index is -0.289. The van der Waals surface area contributed by atoms with Crippen molar-refractivity contribution in [3.05, 3.63) is 140 Å². The molecule has 5 aromatic rings.